The maximum atomic E-state index is 13.2. The second-order valence-corrected chi connectivity index (χ2v) is 4.22. The number of benzene rings is 2. The fourth-order valence-corrected chi connectivity index (χ4v) is 1.93. The van der Waals surface area contributed by atoms with Crippen molar-refractivity contribution in [2.45, 2.75) is 6.18 Å². The molecule has 0 bridgehead atoms. The molecule has 2 aromatic carbocycles. The molecule has 6 heteroatoms. The van der Waals surface area contributed by atoms with E-state index in [-0.39, 0.29) is 11.3 Å². The van der Waals surface area contributed by atoms with Gasteiger partial charge in [-0.1, -0.05) is 12.1 Å². The van der Waals surface area contributed by atoms with Crippen LogP contribution in [-0.2, 0) is 6.18 Å². The summed E-state index contributed by atoms with van der Waals surface area (Å²) in [7, 11) is 1.29. The Hall–Kier alpha value is -2.37. The molecule has 0 aliphatic heterocycles. The molecule has 0 fully saturated rings. The summed E-state index contributed by atoms with van der Waals surface area (Å²) in [5.74, 6) is -1.74. The molecule has 0 N–H and O–H groups in total. The Balaban J connectivity index is 2.61. The van der Waals surface area contributed by atoms with Crippen LogP contribution in [0.3, 0.4) is 0 Å². The smallest absolute Gasteiger partial charge is 0.417 e. The van der Waals surface area contributed by atoms with Gasteiger partial charge in [0.05, 0.1) is 18.2 Å². The SMILES string of the molecule is COc1ccccc1C(=O)c1cc(F)ccc1C(F)(F)F. The number of para-hydroxylation sites is 1. The van der Waals surface area contributed by atoms with Gasteiger partial charge in [0.15, 0.2) is 5.78 Å². The van der Waals surface area contributed by atoms with Crippen LogP contribution in [0.25, 0.3) is 0 Å². The number of alkyl halides is 3. The summed E-state index contributed by atoms with van der Waals surface area (Å²) in [6.45, 7) is 0. The lowest BCUT2D eigenvalue weighted by Gasteiger charge is -2.13. The van der Waals surface area contributed by atoms with Crippen LogP contribution in [0.4, 0.5) is 17.6 Å². The minimum absolute atomic E-state index is 0.0592. The Bertz CT molecular complexity index is 678. The molecule has 0 aliphatic carbocycles. The van der Waals surface area contributed by atoms with Crippen molar-refractivity contribution >= 4 is 5.78 Å². The monoisotopic (exact) mass is 298 g/mol. The molecule has 0 spiro atoms. The molecule has 0 heterocycles. The molecule has 0 atom stereocenters. The number of hydrogen-bond donors (Lipinski definition) is 0. The van der Waals surface area contributed by atoms with E-state index in [4.69, 9.17) is 4.74 Å². The summed E-state index contributed by atoms with van der Waals surface area (Å²) in [5, 5.41) is 0. The van der Waals surface area contributed by atoms with Gasteiger partial charge in [-0.3, -0.25) is 4.79 Å². The first-order valence-corrected chi connectivity index (χ1v) is 5.89. The number of carbonyl (C=O) groups is 1. The van der Waals surface area contributed by atoms with Gasteiger partial charge in [-0.15, -0.1) is 0 Å². The van der Waals surface area contributed by atoms with Crippen LogP contribution in [0.1, 0.15) is 21.5 Å². The topological polar surface area (TPSA) is 26.3 Å². The van der Waals surface area contributed by atoms with Crippen molar-refractivity contribution in [1.82, 2.24) is 0 Å². The zero-order valence-corrected chi connectivity index (χ0v) is 10.9. The summed E-state index contributed by atoms with van der Waals surface area (Å²) in [5.41, 5.74) is -1.98. The van der Waals surface area contributed by atoms with Crippen LogP contribution in [0, 0.1) is 5.82 Å². The van der Waals surface area contributed by atoms with E-state index in [1.165, 1.54) is 25.3 Å². The van der Waals surface area contributed by atoms with Crippen LogP contribution in [0.5, 0.6) is 5.75 Å². The van der Waals surface area contributed by atoms with Gasteiger partial charge in [0, 0.05) is 5.56 Å². The van der Waals surface area contributed by atoms with Gasteiger partial charge in [-0.25, -0.2) is 4.39 Å². The molecule has 2 aromatic rings. The second kappa shape index (κ2) is 5.55. The molecular formula is C15H10F4O2. The lowest BCUT2D eigenvalue weighted by molar-refractivity contribution is -0.137. The van der Waals surface area contributed by atoms with Crippen molar-refractivity contribution in [3.8, 4) is 5.75 Å². The number of rotatable bonds is 3. The van der Waals surface area contributed by atoms with Crippen molar-refractivity contribution in [3.05, 3.63) is 65.0 Å². The molecule has 0 saturated carbocycles. The molecule has 21 heavy (non-hydrogen) atoms. The third kappa shape index (κ3) is 3.04. The predicted octanol–water partition coefficient (Wildman–Crippen LogP) is 4.08. The summed E-state index contributed by atoms with van der Waals surface area (Å²) in [6.07, 6.45) is -4.75. The normalized spacial score (nSPS) is 11.3. The highest BCUT2D eigenvalue weighted by atomic mass is 19.4. The highest BCUT2D eigenvalue weighted by molar-refractivity contribution is 6.11. The average molecular weight is 298 g/mol. The van der Waals surface area contributed by atoms with Gasteiger partial charge in [-0.05, 0) is 30.3 Å². The van der Waals surface area contributed by atoms with E-state index in [0.29, 0.717) is 18.2 Å². The van der Waals surface area contributed by atoms with Gasteiger partial charge in [0.1, 0.15) is 11.6 Å². The lowest BCUT2D eigenvalue weighted by atomic mass is 9.97. The van der Waals surface area contributed by atoms with Gasteiger partial charge < -0.3 is 4.74 Å². The predicted molar refractivity (Wildman–Crippen MR) is 67.8 cm³/mol. The molecule has 0 aromatic heterocycles. The Morgan fingerprint density at radius 2 is 1.71 bits per heavy atom. The minimum atomic E-state index is -4.75. The van der Waals surface area contributed by atoms with E-state index in [2.05, 4.69) is 0 Å². The molecule has 110 valence electrons. The molecule has 0 aliphatic rings. The van der Waals surface area contributed by atoms with Crippen molar-refractivity contribution in [3.63, 3.8) is 0 Å². The maximum Gasteiger partial charge on any atom is 0.417 e. The first kappa shape index (κ1) is 15.0. The minimum Gasteiger partial charge on any atom is -0.496 e. The quantitative estimate of drug-likeness (QED) is 0.630. The summed E-state index contributed by atoms with van der Waals surface area (Å²) < 4.78 is 57.0. The average Bonchev–Trinajstić information content (AvgIpc) is 2.45. The molecule has 0 unspecified atom stereocenters. The van der Waals surface area contributed by atoms with E-state index in [0.717, 1.165) is 0 Å². The van der Waals surface area contributed by atoms with Crippen LogP contribution in [0.15, 0.2) is 42.5 Å². The van der Waals surface area contributed by atoms with Crippen molar-refractivity contribution in [1.29, 1.82) is 0 Å². The number of ether oxygens (including phenoxy) is 1. The fraction of sp³-hybridized carbons (Fsp3) is 0.133. The Labute approximate surface area is 118 Å². The van der Waals surface area contributed by atoms with Gasteiger partial charge in [0.25, 0.3) is 0 Å². The van der Waals surface area contributed by atoms with Gasteiger partial charge in [0.2, 0.25) is 0 Å². The third-order valence-corrected chi connectivity index (χ3v) is 2.88. The van der Waals surface area contributed by atoms with E-state index in [1.54, 1.807) is 6.07 Å². The number of carbonyl (C=O) groups excluding carboxylic acids is 1. The molecule has 2 nitrogen and oxygen atoms in total. The molecule has 2 rings (SSSR count). The summed E-state index contributed by atoms with van der Waals surface area (Å²) >= 11 is 0. The number of halogens is 4. The first-order valence-electron chi connectivity index (χ1n) is 5.89. The van der Waals surface area contributed by atoms with Gasteiger partial charge >= 0.3 is 6.18 Å². The number of methoxy groups -OCH3 is 1. The van der Waals surface area contributed by atoms with Crippen LogP contribution in [0.2, 0.25) is 0 Å². The van der Waals surface area contributed by atoms with E-state index < -0.39 is 28.9 Å². The van der Waals surface area contributed by atoms with Gasteiger partial charge in [-0.2, -0.15) is 13.2 Å². The first-order chi connectivity index (χ1) is 9.84. The third-order valence-electron chi connectivity index (χ3n) is 2.88. The highest BCUT2D eigenvalue weighted by Crippen LogP contribution is 2.34. The van der Waals surface area contributed by atoms with E-state index >= 15 is 0 Å². The molecule has 0 amide bonds. The van der Waals surface area contributed by atoms with Crippen LogP contribution in [-0.4, -0.2) is 12.9 Å². The summed E-state index contributed by atoms with van der Waals surface area (Å²) in [4.78, 5) is 12.3. The molecular weight excluding hydrogens is 288 g/mol. The van der Waals surface area contributed by atoms with Crippen LogP contribution < -0.4 is 4.74 Å². The summed E-state index contributed by atoms with van der Waals surface area (Å²) in [6, 6.07) is 7.64. The van der Waals surface area contributed by atoms with E-state index in [9.17, 15) is 22.4 Å². The Kier molecular flexibility index (Phi) is 3.97. The second-order valence-electron chi connectivity index (χ2n) is 4.22. The Morgan fingerprint density at radius 1 is 1.05 bits per heavy atom. The Morgan fingerprint density at radius 3 is 2.33 bits per heavy atom. The largest absolute Gasteiger partial charge is 0.496 e. The lowest BCUT2D eigenvalue weighted by Crippen LogP contribution is -2.14. The highest BCUT2D eigenvalue weighted by Gasteiger charge is 2.36. The van der Waals surface area contributed by atoms with Crippen molar-refractivity contribution in [2.24, 2.45) is 0 Å². The standard InChI is InChI=1S/C15H10F4O2/c1-21-13-5-3-2-4-10(13)14(20)11-8-9(16)6-7-12(11)15(17,18)19/h2-8H,1H3. The maximum absolute atomic E-state index is 13.2. The van der Waals surface area contributed by atoms with Crippen LogP contribution >= 0.6 is 0 Å². The zero-order valence-electron chi connectivity index (χ0n) is 10.9. The molecule has 0 saturated heterocycles. The zero-order chi connectivity index (χ0) is 15.6. The van der Waals surface area contributed by atoms with Crippen molar-refractivity contribution in [2.75, 3.05) is 7.11 Å². The van der Waals surface area contributed by atoms with E-state index in [1.807, 2.05) is 0 Å². The molecule has 0 radical (unpaired) electrons. The number of ketones is 1. The fourth-order valence-electron chi connectivity index (χ4n) is 1.93. The van der Waals surface area contributed by atoms with Crippen molar-refractivity contribution < 1.29 is 27.1 Å². The number of hydrogen-bond acceptors (Lipinski definition) is 2.